The Labute approximate surface area is 109 Å². The standard InChI is InChI=1S/C4H10O.C2H6O.HNO3.3H2O.Ti/c1-2-3-4-5;1-2-3;2-1(3)4;;;;/h5H,2-4H2,1H3;3H,2H2,1H3;(H,2,3,4);3*1H2;. The van der Waals surface area contributed by atoms with Crippen LogP contribution < -0.4 is 0 Å². The first-order valence-corrected chi connectivity index (χ1v) is 3.61. The van der Waals surface area contributed by atoms with Gasteiger partial charge in [-0.15, -0.1) is 10.1 Å². The summed E-state index contributed by atoms with van der Waals surface area (Å²) in [6, 6.07) is 0. The number of hydrogen-bond acceptors (Lipinski definition) is 4. The van der Waals surface area contributed by atoms with E-state index in [1.807, 2.05) is 0 Å². The molecule has 0 aromatic heterocycles. The van der Waals surface area contributed by atoms with E-state index >= 15 is 0 Å². The van der Waals surface area contributed by atoms with E-state index in [4.69, 9.17) is 25.5 Å². The Morgan fingerprint density at radius 3 is 1.31 bits per heavy atom. The molecule has 0 aromatic carbocycles. The van der Waals surface area contributed by atoms with E-state index < -0.39 is 5.09 Å². The summed E-state index contributed by atoms with van der Waals surface area (Å²) in [5.74, 6) is 0. The van der Waals surface area contributed by atoms with Crippen molar-refractivity contribution < 1.29 is 58.7 Å². The van der Waals surface area contributed by atoms with E-state index in [1.165, 1.54) is 0 Å². The van der Waals surface area contributed by atoms with Crippen LogP contribution in [0.3, 0.4) is 0 Å². The van der Waals surface area contributed by atoms with Gasteiger partial charge < -0.3 is 31.8 Å². The topological polar surface area (TPSA) is 198 Å². The van der Waals surface area contributed by atoms with Gasteiger partial charge in [-0.1, -0.05) is 13.3 Å². The maximum Gasteiger partial charge on any atom is 0.291 e. The first-order chi connectivity index (χ1) is 5.56. The molecule has 0 rings (SSSR count). The molecule has 0 bridgehead atoms. The van der Waals surface area contributed by atoms with Crippen LogP contribution in [0.1, 0.15) is 26.7 Å². The largest absolute Gasteiger partial charge is 0.412 e. The fraction of sp³-hybridized carbons (Fsp3) is 1.00. The minimum atomic E-state index is -1.50. The molecule has 0 fully saturated rings. The van der Waals surface area contributed by atoms with Gasteiger partial charge in [0.25, 0.3) is 5.09 Å². The predicted octanol–water partition coefficient (Wildman–Crippen LogP) is -2.05. The fourth-order valence-corrected chi connectivity index (χ4v) is 0.158. The van der Waals surface area contributed by atoms with E-state index in [0.717, 1.165) is 12.8 Å². The second kappa shape index (κ2) is 61.4. The Morgan fingerprint density at radius 1 is 1.12 bits per heavy atom. The van der Waals surface area contributed by atoms with Gasteiger partial charge in [0.1, 0.15) is 0 Å². The fourth-order valence-electron chi connectivity index (χ4n) is 0.158. The molecular weight excluding hydrogens is 262 g/mol. The zero-order valence-electron chi connectivity index (χ0n) is 9.43. The summed E-state index contributed by atoms with van der Waals surface area (Å²) in [4.78, 5) is 8.36. The minimum absolute atomic E-state index is 0. The summed E-state index contributed by atoms with van der Waals surface area (Å²) in [5.41, 5.74) is 0. The van der Waals surface area contributed by atoms with Crippen molar-refractivity contribution in [2.24, 2.45) is 0 Å². The average molecular weight is 285 g/mol. The number of aliphatic hydroxyl groups is 2. The molecule has 0 spiro atoms. The summed E-state index contributed by atoms with van der Waals surface area (Å²) in [5, 5.41) is 29.3. The van der Waals surface area contributed by atoms with Gasteiger partial charge in [-0.05, 0) is 13.3 Å². The van der Waals surface area contributed by atoms with Crippen LogP contribution in [0, 0.1) is 10.1 Å². The van der Waals surface area contributed by atoms with Crippen LogP contribution in [-0.4, -0.2) is 50.1 Å². The molecule has 0 saturated carbocycles. The zero-order chi connectivity index (χ0) is 10.4. The molecular formula is C6H23NO8Ti. The molecule has 0 saturated heterocycles. The van der Waals surface area contributed by atoms with Crippen LogP contribution in [0.2, 0.25) is 0 Å². The molecule has 0 unspecified atom stereocenters. The first kappa shape index (κ1) is 44.8. The maximum atomic E-state index is 8.36. The van der Waals surface area contributed by atoms with E-state index in [-0.39, 0.29) is 44.8 Å². The van der Waals surface area contributed by atoms with Crippen molar-refractivity contribution >= 4 is 0 Å². The van der Waals surface area contributed by atoms with E-state index in [0.29, 0.717) is 6.61 Å². The van der Waals surface area contributed by atoms with Gasteiger partial charge in [0, 0.05) is 34.9 Å². The van der Waals surface area contributed by atoms with Gasteiger partial charge in [0.15, 0.2) is 0 Å². The van der Waals surface area contributed by atoms with Gasteiger partial charge in [-0.25, -0.2) is 0 Å². The quantitative estimate of drug-likeness (QED) is 0.297. The molecule has 9 nitrogen and oxygen atoms in total. The van der Waals surface area contributed by atoms with Gasteiger partial charge >= 0.3 is 0 Å². The smallest absolute Gasteiger partial charge is 0.291 e. The second-order valence-electron chi connectivity index (χ2n) is 1.63. The Hall–Kier alpha value is -0.286. The van der Waals surface area contributed by atoms with Crippen molar-refractivity contribution in [3.63, 3.8) is 0 Å². The second-order valence-corrected chi connectivity index (χ2v) is 1.63. The van der Waals surface area contributed by atoms with Crippen molar-refractivity contribution in [1.82, 2.24) is 0 Å². The normalized spacial score (nSPS) is 5.25. The summed E-state index contributed by atoms with van der Waals surface area (Å²) >= 11 is 0. The minimum Gasteiger partial charge on any atom is -0.412 e. The van der Waals surface area contributed by atoms with Gasteiger partial charge in [0.05, 0.1) is 0 Å². The van der Waals surface area contributed by atoms with Crippen LogP contribution in [0.25, 0.3) is 0 Å². The summed E-state index contributed by atoms with van der Waals surface area (Å²) < 4.78 is 0. The molecule has 16 heavy (non-hydrogen) atoms. The van der Waals surface area contributed by atoms with Crippen molar-refractivity contribution in [1.29, 1.82) is 0 Å². The zero-order valence-corrected chi connectivity index (χ0v) is 11.0. The molecule has 10 heteroatoms. The SMILES string of the molecule is CCCCO.CCO.O.O.O.O=[N+]([O-])O.[Ti]. The summed E-state index contributed by atoms with van der Waals surface area (Å²) in [7, 11) is 0. The Kier molecular flexibility index (Phi) is 172. The van der Waals surface area contributed by atoms with E-state index in [2.05, 4.69) is 6.92 Å². The number of unbranched alkanes of at least 4 members (excludes halogenated alkanes) is 1. The van der Waals surface area contributed by atoms with Crippen molar-refractivity contribution in [3.8, 4) is 0 Å². The number of nitrogens with zero attached hydrogens (tertiary/aromatic N) is 1. The van der Waals surface area contributed by atoms with Gasteiger partial charge in [0.2, 0.25) is 0 Å². The monoisotopic (exact) mass is 285 g/mol. The molecule has 0 aliphatic rings. The molecule has 0 heterocycles. The molecule has 0 aromatic rings. The molecule has 0 atom stereocenters. The number of hydrogen-bond donors (Lipinski definition) is 3. The van der Waals surface area contributed by atoms with Crippen LogP contribution in [0.15, 0.2) is 0 Å². The van der Waals surface area contributed by atoms with E-state index in [1.54, 1.807) is 6.92 Å². The molecule has 0 amide bonds. The Balaban J connectivity index is -0.0000000138. The van der Waals surface area contributed by atoms with Crippen LogP contribution in [0.4, 0.5) is 0 Å². The third-order valence-electron chi connectivity index (χ3n) is 0.512. The van der Waals surface area contributed by atoms with Crippen molar-refractivity contribution in [2.75, 3.05) is 13.2 Å². The van der Waals surface area contributed by atoms with Crippen molar-refractivity contribution in [3.05, 3.63) is 10.1 Å². The first-order valence-electron chi connectivity index (χ1n) is 3.61. The molecule has 0 aliphatic heterocycles. The third kappa shape index (κ3) is 754. The van der Waals surface area contributed by atoms with Crippen LogP contribution >= 0.6 is 0 Å². The Bertz CT molecular complexity index is 80.9. The van der Waals surface area contributed by atoms with Crippen LogP contribution in [-0.2, 0) is 21.7 Å². The molecule has 0 aliphatic carbocycles. The average Bonchev–Trinajstić information content (AvgIpc) is 1.89. The van der Waals surface area contributed by atoms with E-state index in [9.17, 15) is 0 Å². The predicted molar refractivity (Wildman–Crippen MR) is 54.4 cm³/mol. The molecule has 9 N–H and O–H groups in total. The summed E-state index contributed by atoms with van der Waals surface area (Å²) in [6.45, 7) is 4.33. The van der Waals surface area contributed by atoms with Crippen molar-refractivity contribution in [2.45, 2.75) is 26.7 Å². The Morgan fingerprint density at radius 2 is 1.31 bits per heavy atom. The number of aliphatic hydroxyl groups excluding tert-OH is 2. The van der Waals surface area contributed by atoms with Gasteiger partial charge in [-0.3, -0.25) is 0 Å². The maximum absolute atomic E-state index is 8.36. The van der Waals surface area contributed by atoms with Crippen LogP contribution in [0.5, 0.6) is 0 Å². The third-order valence-corrected chi connectivity index (χ3v) is 0.512. The number of rotatable bonds is 2. The molecule has 104 valence electrons. The summed E-state index contributed by atoms with van der Waals surface area (Å²) in [6.07, 6.45) is 2.04. The molecule has 0 radical (unpaired) electrons. The van der Waals surface area contributed by atoms with Gasteiger partial charge in [-0.2, -0.15) is 0 Å².